The normalized spacial score (nSPS) is 9.89. The topological polar surface area (TPSA) is 56.8 Å². The largest absolute Gasteiger partial charge is 0.498 e. The molecule has 5 nitrogen and oxygen atoms in total. The molecule has 0 aliphatic heterocycles. The van der Waals surface area contributed by atoms with Gasteiger partial charge in [0.15, 0.2) is 0 Å². The van der Waals surface area contributed by atoms with Crippen LogP contribution in [0.5, 0.6) is 0 Å². The quantitative estimate of drug-likeness (QED) is 0.490. The van der Waals surface area contributed by atoms with Crippen molar-refractivity contribution in [1.82, 2.24) is 5.32 Å². The standard InChI is InChI=1S/C14H25NO4/c1-6-17-12(4)10-13(5)18-9-7-8-15-14(16)19-11(2)3/h11H,4-10H2,1-3H3,(H,15,16). The number of hydrogen-bond donors (Lipinski definition) is 1. The molecule has 0 heterocycles. The van der Waals surface area contributed by atoms with E-state index in [1.54, 1.807) is 13.8 Å². The number of hydrogen-bond acceptors (Lipinski definition) is 4. The molecule has 19 heavy (non-hydrogen) atoms. The average molecular weight is 271 g/mol. The van der Waals surface area contributed by atoms with E-state index in [9.17, 15) is 4.79 Å². The lowest BCUT2D eigenvalue weighted by atomic mass is 10.3. The smallest absolute Gasteiger partial charge is 0.407 e. The third kappa shape index (κ3) is 11.2. The van der Waals surface area contributed by atoms with E-state index < -0.39 is 6.09 Å². The van der Waals surface area contributed by atoms with Crippen LogP contribution < -0.4 is 5.32 Å². The van der Waals surface area contributed by atoms with Crippen LogP contribution >= 0.6 is 0 Å². The summed E-state index contributed by atoms with van der Waals surface area (Å²) < 4.78 is 15.5. The first-order valence-corrected chi connectivity index (χ1v) is 6.51. The van der Waals surface area contributed by atoms with Crippen molar-refractivity contribution >= 4 is 6.09 Å². The number of alkyl carbamates (subject to hydrolysis) is 1. The van der Waals surface area contributed by atoms with E-state index >= 15 is 0 Å². The molecule has 0 aromatic heterocycles. The van der Waals surface area contributed by atoms with Crippen LogP contribution in [0.2, 0.25) is 0 Å². The molecule has 0 rings (SSSR count). The minimum atomic E-state index is -0.404. The second kappa shape index (κ2) is 10.3. The molecular formula is C14H25NO4. The Morgan fingerprint density at radius 1 is 1.21 bits per heavy atom. The van der Waals surface area contributed by atoms with Crippen molar-refractivity contribution in [2.45, 2.75) is 39.7 Å². The molecule has 0 radical (unpaired) electrons. The molecule has 0 unspecified atom stereocenters. The maximum atomic E-state index is 11.1. The Balaban J connectivity index is 3.51. The van der Waals surface area contributed by atoms with Crippen molar-refractivity contribution in [3.05, 3.63) is 24.7 Å². The number of carbonyl (C=O) groups excluding carboxylic acids is 1. The lowest BCUT2D eigenvalue weighted by Crippen LogP contribution is -2.28. The van der Waals surface area contributed by atoms with Gasteiger partial charge in [-0.05, 0) is 27.2 Å². The second-order valence-corrected chi connectivity index (χ2v) is 4.27. The summed E-state index contributed by atoms with van der Waals surface area (Å²) in [5, 5.41) is 2.64. The maximum Gasteiger partial charge on any atom is 0.407 e. The zero-order valence-corrected chi connectivity index (χ0v) is 12.2. The molecule has 0 fully saturated rings. The molecule has 0 aromatic rings. The first-order valence-electron chi connectivity index (χ1n) is 6.51. The molecule has 1 amide bonds. The summed E-state index contributed by atoms with van der Waals surface area (Å²) >= 11 is 0. The predicted octanol–water partition coefficient (Wildman–Crippen LogP) is 2.98. The van der Waals surface area contributed by atoms with Gasteiger partial charge in [-0.25, -0.2) is 4.79 Å². The third-order valence-corrected chi connectivity index (χ3v) is 1.98. The monoisotopic (exact) mass is 271 g/mol. The van der Waals surface area contributed by atoms with Gasteiger partial charge in [0.05, 0.1) is 37.3 Å². The Kier molecular flexibility index (Phi) is 9.40. The molecule has 0 saturated carbocycles. The van der Waals surface area contributed by atoms with Gasteiger partial charge < -0.3 is 19.5 Å². The Morgan fingerprint density at radius 2 is 1.84 bits per heavy atom. The van der Waals surface area contributed by atoms with Crippen molar-refractivity contribution in [2.75, 3.05) is 19.8 Å². The van der Waals surface area contributed by atoms with Crippen LogP contribution in [0.15, 0.2) is 24.7 Å². The van der Waals surface area contributed by atoms with E-state index in [0.717, 1.165) is 0 Å². The minimum absolute atomic E-state index is 0.111. The zero-order chi connectivity index (χ0) is 14.7. The summed E-state index contributed by atoms with van der Waals surface area (Å²) in [6, 6.07) is 0. The Labute approximate surface area is 115 Å². The molecule has 0 spiro atoms. The van der Waals surface area contributed by atoms with Crippen LogP contribution in [-0.2, 0) is 14.2 Å². The summed E-state index contributed by atoms with van der Waals surface area (Å²) in [5.74, 6) is 1.26. The molecule has 0 aromatic carbocycles. The highest BCUT2D eigenvalue weighted by Gasteiger charge is 2.04. The SMILES string of the molecule is C=C(CC(=C)OCCCNC(=O)OC(C)C)OCC. The van der Waals surface area contributed by atoms with Gasteiger partial charge in [-0.3, -0.25) is 0 Å². The highest BCUT2D eigenvalue weighted by atomic mass is 16.6. The van der Waals surface area contributed by atoms with Crippen molar-refractivity contribution in [2.24, 2.45) is 0 Å². The summed E-state index contributed by atoms with van der Waals surface area (Å²) in [5.41, 5.74) is 0. The number of ether oxygens (including phenoxy) is 3. The Hall–Kier alpha value is -1.65. The lowest BCUT2D eigenvalue weighted by molar-refractivity contribution is 0.114. The molecule has 0 bridgehead atoms. The van der Waals surface area contributed by atoms with Crippen molar-refractivity contribution < 1.29 is 19.0 Å². The number of nitrogens with one attached hydrogen (secondary N) is 1. The van der Waals surface area contributed by atoms with E-state index in [1.807, 2.05) is 6.92 Å². The number of carbonyl (C=O) groups is 1. The van der Waals surface area contributed by atoms with Crippen LogP contribution in [0, 0.1) is 0 Å². The van der Waals surface area contributed by atoms with Crippen molar-refractivity contribution in [3.63, 3.8) is 0 Å². The molecule has 0 saturated heterocycles. The molecule has 1 N–H and O–H groups in total. The highest BCUT2D eigenvalue weighted by molar-refractivity contribution is 5.67. The fourth-order valence-corrected chi connectivity index (χ4v) is 1.26. The van der Waals surface area contributed by atoms with Crippen LogP contribution in [0.25, 0.3) is 0 Å². The van der Waals surface area contributed by atoms with Crippen LogP contribution in [0.3, 0.4) is 0 Å². The van der Waals surface area contributed by atoms with E-state index in [4.69, 9.17) is 14.2 Å². The summed E-state index contributed by atoms with van der Waals surface area (Å²) in [6.07, 6.45) is 0.670. The summed E-state index contributed by atoms with van der Waals surface area (Å²) in [6.45, 7) is 14.6. The van der Waals surface area contributed by atoms with Gasteiger partial charge in [-0.15, -0.1) is 0 Å². The van der Waals surface area contributed by atoms with E-state index in [1.165, 1.54) is 0 Å². The van der Waals surface area contributed by atoms with Crippen LogP contribution in [-0.4, -0.2) is 32.0 Å². The van der Waals surface area contributed by atoms with Crippen molar-refractivity contribution in [3.8, 4) is 0 Å². The highest BCUT2D eigenvalue weighted by Crippen LogP contribution is 2.09. The van der Waals surface area contributed by atoms with Gasteiger partial charge in [0.25, 0.3) is 0 Å². The predicted molar refractivity (Wildman–Crippen MR) is 74.7 cm³/mol. The summed E-state index contributed by atoms with van der Waals surface area (Å²) in [7, 11) is 0. The fraction of sp³-hybridized carbons (Fsp3) is 0.643. The molecule has 5 heteroatoms. The zero-order valence-electron chi connectivity index (χ0n) is 12.2. The first kappa shape index (κ1) is 17.4. The molecule has 0 atom stereocenters. The van der Waals surface area contributed by atoms with E-state index in [0.29, 0.717) is 44.1 Å². The van der Waals surface area contributed by atoms with Gasteiger partial charge in [-0.1, -0.05) is 13.2 Å². The third-order valence-electron chi connectivity index (χ3n) is 1.98. The van der Waals surface area contributed by atoms with Gasteiger partial charge in [0.1, 0.15) is 0 Å². The molecule has 0 aliphatic carbocycles. The Morgan fingerprint density at radius 3 is 2.42 bits per heavy atom. The van der Waals surface area contributed by atoms with Crippen LogP contribution in [0.1, 0.15) is 33.6 Å². The first-order chi connectivity index (χ1) is 8.95. The number of amides is 1. The van der Waals surface area contributed by atoms with Gasteiger partial charge in [-0.2, -0.15) is 0 Å². The van der Waals surface area contributed by atoms with Gasteiger partial charge in [0, 0.05) is 6.54 Å². The molecular weight excluding hydrogens is 246 g/mol. The Bertz CT molecular complexity index is 300. The van der Waals surface area contributed by atoms with E-state index in [2.05, 4.69) is 18.5 Å². The van der Waals surface area contributed by atoms with Gasteiger partial charge in [0.2, 0.25) is 0 Å². The van der Waals surface area contributed by atoms with Crippen molar-refractivity contribution in [1.29, 1.82) is 0 Å². The maximum absolute atomic E-state index is 11.1. The number of rotatable bonds is 10. The average Bonchev–Trinajstić information content (AvgIpc) is 2.27. The lowest BCUT2D eigenvalue weighted by Gasteiger charge is -2.12. The minimum Gasteiger partial charge on any atom is -0.498 e. The van der Waals surface area contributed by atoms with Crippen LogP contribution in [0.4, 0.5) is 4.79 Å². The van der Waals surface area contributed by atoms with Gasteiger partial charge >= 0.3 is 6.09 Å². The van der Waals surface area contributed by atoms with E-state index in [-0.39, 0.29) is 6.10 Å². The fourth-order valence-electron chi connectivity index (χ4n) is 1.26. The molecule has 110 valence electrons. The second-order valence-electron chi connectivity index (χ2n) is 4.27. The molecule has 0 aliphatic rings. The summed E-state index contributed by atoms with van der Waals surface area (Å²) in [4.78, 5) is 11.1.